The first kappa shape index (κ1) is 13.0. The molecule has 1 spiro atoms. The van der Waals surface area contributed by atoms with Crippen molar-refractivity contribution < 1.29 is 57.9 Å². The van der Waals surface area contributed by atoms with Crippen LogP contribution < -0.4 is 4.90 Å². The summed E-state index contributed by atoms with van der Waals surface area (Å²) in [5.41, 5.74) is -27.8. The van der Waals surface area contributed by atoms with Gasteiger partial charge in [0.05, 0.1) is 56.3 Å². The zero-order chi connectivity index (χ0) is 73.5. The SMILES string of the molecule is [2H]c1c([2H])c([2H])c2c(c1[2H])-c1c([2H])c([2H])c([2H])c([2H])c1C21c2c([2H])c([2H])c([2H])c([2H])c2-c2c([2H])c([2H])c([2H])c(N(c3c([2H])c([2H])c(-c4c([2H])c([2H])c([2H])c5c4oc4c([2H])c([2H])c([2H])c([2H])c45)c([2H])c3[2H])c3c([2H])c([2H])c4c(c3[2H])C(C([2H])([2H])[2H])(C([2H])([2H])[2H])c3c([2H])c([2H])c([2H])c([2H])c3-4)c21. The fraction of sp³-hybridized carbons (Fsp3) is 0.0690. The largest absolute Gasteiger partial charge is 0.455 e. The molecule has 13 rings (SSSR count). The maximum atomic E-state index is 10.6. The van der Waals surface area contributed by atoms with E-state index in [4.69, 9.17) is 19.5 Å². The van der Waals surface area contributed by atoms with Crippen LogP contribution in [0.15, 0.2) is 204 Å². The van der Waals surface area contributed by atoms with E-state index in [0.717, 1.165) is 0 Å². The third-order valence-electron chi connectivity index (χ3n) is 10.9. The van der Waals surface area contributed by atoms with Crippen LogP contribution in [0.25, 0.3) is 66.4 Å². The molecule has 10 aromatic rings. The Morgan fingerprint density at radius 3 is 1.65 bits per heavy atom. The van der Waals surface area contributed by atoms with Crippen LogP contribution in [0.2, 0.25) is 0 Å². The third kappa shape index (κ3) is 4.27. The summed E-state index contributed by atoms with van der Waals surface area (Å²) >= 11 is 0. The normalized spacial score (nSPS) is 24.0. The molecule has 0 amide bonds. The molecule has 0 atom stereocenters. The van der Waals surface area contributed by atoms with Crippen LogP contribution >= 0.6 is 0 Å². The highest BCUT2D eigenvalue weighted by atomic mass is 16.3. The maximum Gasteiger partial charge on any atom is 0.143 e. The van der Waals surface area contributed by atoms with Crippen molar-refractivity contribution >= 4 is 39.0 Å². The maximum absolute atomic E-state index is 10.6. The minimum Gasteiger partial charge on any atom is -0.455 e. The standard InChI is InChI=1S/C58H39NO/c1-57(2)48-23-8-3-15-40(48)44-34-33-38(35-52(44)57)59(37-31-29-36(30-32-37)39-20-13-22-47-45-19-7-12-28-54(45)60-56(39)47)53-27-14-21-46-43-18-6-11-26-51(43)58(55(46)53)49-24-9-4-16-41(49)42-17-5-10-25-50(42)58/h3-35H,1-2H3/i1D3,2D3,3D,4D,5D,6D,7D,8D,9D,10D,11D,12D,13D,14D,15D,16D,17D,18D,19D,20D,21D,22D,23D,24D,25D,26D,27D,28D,29D,30D,31D,32D,33D,34D,35D. The van der Waals surface area contributed by atoms with Crippen molar-refractivity contribution in [2.75, 3.05) is 4.90 Å². The number of hydrogen-bond acceptors (Lipinski definition) is 2. The van der Waals surface area contributed by atoms with Crippen molar-refractivity contribution in [1.29, 1.82) is 0 Å². The second-order valence-corrected chi connectivity index (χ2v) is 13.8. The number of para-hydroxylation sites is 2. The summed E-state index contributed by atoms with van der Waals surface area (Å²) in [6, 6.07) is -40.1. The Kier molecular flexibility index (Phi) is 2.62. The monoisotopic (exact) mass is 805 g/mol. The Morgan fingerprint density at radius 1 is 0.433 bits per heavy atom. The van der Waals surface area contributed by atoms with Gasteiger partial charge in [0.15, 0.2) is 0 Å². The Morgan fingerprint density at radius 2 is 0.950 bits per heavy atom. The van der Waals surface area contributed by atoms with Gasteiger partial charge in [-0.1, -0.05) is 177 Å². The second-order valence-electron chi connectivity index (χ2n) is 13.8. The number of nitrogens with zero attached hydrogens (tertiary/aromatic N) is 1. The fourth-order valence-electron chi connectivity index (χ4n) is 8.48. The number of anilines is 3. The van der Waals surface area contributed by atoms with Crippen LogP contribution in [0, 0.1) is 0 Å². The van der Waals surface area contributed by atoms with Gasteiger partial charge in [-0.25, -0.2) is 0 Å². The van der Waals surface area contributed by atoms with Gasteiger partial charge >= 0.3 is 0 Å². The van der Waals surface area contributed by atoms with Crippen molar-refractivity contribution in [3.05, 3.63) is 233 Å². The van der Waals surface area contributed by atoms with Gasteiger partial charge in [0.25, 0.3) is 0 Å². The van der Waals surface area contributed by atoms with E-state index < -0.39 is 341 Å². The van der Waals surface area contributed by atoms with E-state index in [9.17, 15) is 38.4 Å². The van der Waals surface area contributed by atoms with Gasteiger partial charge in [-0.15, -0.1) is 0 Å². The fourth-order valence-corrected chi connectivity index (χ4v) is 8.48. The molecule has 3 aliphatic carbocycles. The molecular weight excluding hydrogens is 727 g/mol. The summed E-state index contributed by atoms with van der Waals surface area (Å²) in [6.07, 6.45) is 0. The highest BCUT2D eigenvalue weighted by Crippen LogP contribution is 2.65. The second kappa shape index (κ2) is 12.1. The van der Waals surface area contributed by atoms with Crippen molar-refractivity contribution in [1.82, 2.24) is 0 Å². The summed E-state index contributed by atoms with van der Waals surface area (Å²) < 4.78 is 373. The van der Waals surface area contributed by atoms with E-state index in [-0.39, 0.29) is 4.90 Å². The van der Waals surface area contributed by atoms with Crippen LogP contribution in [0.4, 0.5) is 17.1 Å². The van der Waals surface area contributed by atoms with Gasteiger partial charge in [0.1, 0.15) is 11.2 Å². The summed E-state index contributed by atoms with van der Waals surface area (Å²) in [6.45, 7) is -8.36. The first-order chi connectivity index (χ1) is 45.8. The van der Waals surface area contributed by atoms with Crippen LogP contribution in [-0.2, 0) is 10.8 Å². The number of furan rings is 1. The molecule has 0 fully saturated rings. The van der Waals surface area contributed by atoms with Gasteiger partial charge in [0.2, 0.25) is 0 Å². The van der Waals surface area contributed by atoms with Crippen LogP contribution in [0.3, 0.4) is 0 Å². The lowest BCUT2D eigenvalue weighted by atomic mass is 9.70. The Bertz CT molecular complexity index is 5440. The van der Waals surface area contributed by atoms with E-state index in [0.29, 0.717) is 0 Å². The molecule has 282 valence electrons. The predicted octanol–water partition coefficient (Wildman–Crippen LogP) is 15.4. The molecule has 0 N–H and O–H groups in total. The van der Waals surface area contributed by atoms with Gasteiger partial charge < -0.3 is 9.32 Å². The van der Waals surface area contributed by atoms with Gasteiger partial charge in [-0.2, -0.15) is 0 Å². The van der Waals surface area contributed by atoms with Crippen LogP contribution in [0.1, 0.15) is 101 Å². The van der Waals surface area contributed by atoms with Gasteiger partial charge in [-0.05, 0) is 103 Å². The molecule has 0 aliphatic heterocycles. The summed E-state index contributed by atoms with van der Waals surface area (Å²) in [4.78, 5) is 0.151. The molecule has 1 aromatic heterocycles. The molecular formula is C58H39NO. The lowest BCUT2D eigenvalue weighted by Crippen LogP contribution is -2.28. The van der Waals surface area contributed by atoms with E-state index in [1.807, 2.05) is 0 Å². The Labute approximate surface area is 404 Å². The predicted molar refractivity (Wildman–Crippen MR) is 248 cm³/mol. The molecule has 3 aliphatic rings. The molecule has 0 radical (unpaired) electrons. The van der Waals surface area contributed by atoms with E-state index in [1.54, 1.807) is 0 Å². The molecule has 60 heavy (non-hydrogen) atoms. The zero-order valence-corrected chi connectivity index (χ0v) is 29.9. The van der Waals surface area contributed by atoms with Crippen molar-refractivity contribution in [3.63, 3.8) is 0 Å². The lowest BCUT2D eigenvalue weighted by molar-refractivity contribution is 0.660. The van der Waals surface area contributed by atoms with Crippen molar-refractivity contribution in [2.45, 2.75) is 24.5 Å². The first-order valence-corrected chi connectivity index (χ1v) is 17.8. The minimum absolute atomic E-state index is 0.151. The molecule has 2 nitrogen and oxygen atoms in total. The van der Waals surface area contributed by atoms with E-state index in [2.05, 4.69) is 0 Å². The highest BCUT2D eigenvalue weighted by Gasteiger charge is 2.53. The summed E-state index contributed by atoms with van der Waals surface area (Å²) in [5, 5.41) is -1.17. The molecule has 0 unspecified atom stereocenters. The molecule has 0 saturated carbocycles. The molecule has 2 heteroatoms. The van der Waals surface area contributed by atoms with Crippen molar-refractivity contribution in [3.8, 4) is 44.5 Å². The first-order valence-electron chi connectivity index (χ1n) is 37.3. The Balaban J connectivity index is 1.34. The average molecular weight is 805 g/mol. The van der Waals surface area contributed by atoms with Gasteiger partial charge in [-0.3, -0.25) is 0 Å². The number of fused-ring (bicyclic) bond motifs is 16. The smallest absolute Gasteiger partial charge is 0.143 e. The summed E-state index contributed by atoms with van der Waals surface area (Å²) in [7, 11) is 0. The Hall–Kier alpha value is -7.42. The van der Waals surface area contributed by atoms with Crippen LogP contribution in [0.5, 0.6) is 0 Å². The lowest BCUT2D eigenvalue weighted by Gasteiger charge is -2.36. The molecule has 1 heterocycles. The summed E-state index contributed by atoms with van der Waals surface area (Å²) in [5.74, 6) is 0. The highest BCUT2D eigenvalue weighted by molar-refractivity contribution is 6.09. The topological polar surface area (TPSA) is 16.4 Å². The number of benzene rings is 9. The van der Waals surface area contributed by atoms with Gasteiger partial charge in [0, 0.05) is 46.9 Å². The van der Waals surface area contributed by atoms with Crippen LogP contribution in [-0.4, -0.2) is 0 Å². The minimum atomic E-state index is -4.18. The quantitative estimate of drug-likeness (QED) is 0.176. The van der Waals surface area contributed by atoms with E-state index in [1.165, 1.54) is 0 Å². The molecule has 9 aromatic carbocycles. The third-order valence-corrected chi connectivity index (χ3v) is 10.9. The van der Waals surface area contributed by atoms with Crippen molar-refractivity contribution in [2.24, 2.45) is 0 Å². The average Bonchev–Trinajstić information content (AvgIpc) is 1.48. The number of rotatable bonds is 4. The zero-order valence-electron chi connectivity index (χ0n) is 68.9. The number of hydrogen-bond donors (Lipinski definition) is 0. The molecule has 0 bridgehead atoms. The van der Waals surface area contributed by atoms with E-state index >= 15 is 0 Å². The molecule has 0 saturated heterocycles.